The molecule has 0 aliphatic carbocycles. The second kappa shape index (κ2) is 9.13. The summed E-state index contributed by atoms with van der Waals surface area (Å²) in [6, 6.07) is 9.08. The summed E-state index contributed by atoms with van der Waals surface area (Å²) < 4.78 is 43.9. The zero-order valence-electron chi connectivity index (χ0n) is 19.4. The van der Waals surface area contributed by atoms with Crippen LogP contribution >= 0.6 is 0 Å². The first-order valence-corrected chi connectivity index (χ1v) is 12.7. The van der Waals surface area contributed by atoms with Gasteiger partial charge in [0, 0.05) is 35.1 Å². The zero-order chi connectivity index (χ0) is 24.6. The van der Waals surface area contributed by atoms with Crippen molar-refractivity contribution in [1.82, 2.24) is 5.01 Å². The van der Waals surface area contributed by atoms with Gasteiger partial charge in [-0.05, 0) is 42.8 Å². The Hall–Kier alpha value is -3.33. The molecule has 178 valence electrons. The molecule has 2 heterocycles. The number of benzene rings is 2. The number of hydrogen-bond acceptors (Lipinski definition) is 7. The predicted octanol–water partition coefficient (Wildman–Crippen LogP) is 3.15. The molecule has 0 saturated carbocycles. The standard InChI is InChI=1S/C25H26FN3O4S/c1-5-34(31,32)14-16-6-8-19-21(10-16)25-20(12-18(13-30)29(3)28-25)15(2)27-24(19)17-7-9-22(26)23(11-17)33-4/h6-13,15,18H,5,14H2,1-4H3. The number of aldehydes is 1. The van der Waals surface area contributed by atoms with Crippen LogP contribution in [0.3, 0.4) is 0 Å². The Balaban J connectivity index is 1.96. The third-order valence-electron chi connectivity index (χ3n) is 6.07. The highest BCUT2D eigenvalue weighted by atomic mass is 32.2. The Morgan fingerprint density at radius 3 is 2.59 bits per heavy atom. The van der Waals surface area contributed by atoms with Gasteiger partial charge in [0.15, 0.2) is 21.4 Å². The van der Waals surface area contributed by atoms with Gasteiger partial charge in [0.25, 0.3) is 0 Å². The van der Waals surface area contributed by atoms with E-state index in [0.717, 1.165) is 17.4 Å². The fourth-order valence-corrected chi connectivity index (χ4v) is 5.03. The normalized spacial score (nSPS) is 19.8. The minimum Gasteiger partial charge on any atom is -0.494 e. The van der Waals surface area contributed by atoms with Gasteiger partial charge >= 0.3 is 0 Å². The summed E-state index contributed by atoms with van der Waals surface area (Å²) in [6.45, 7) is 3.53. The van der Waals surface area contributed by atoms with Crippen molar-refractivity contribution in [1.29, 1.82) is 0 Å². The van der Waals surface area contributed by atoms with E-state index >= 15 is 0 Å². The van der Waals surface area contributed by atoms with Gasteiger partial charge in [-0.2, -0.15) is 5.10 Å². The van der Waals surface area contributed by atoms with Crippen LogP contribution in [0.25, 0.3) is 0 Å². The van der Waals surface area contributed by atoms with Crippen molar-refractivity contribution in [3.63, 3.8) is 0 Å². The molecule has 0 amide bonds. The van der Waals surface area contributed by atoms with Crippen molar-refractivity contribution < 1.29 is 22.3 Å². The molecule has 2 aliphatic heterocycles. The first kappa shape index (κ1) is 23.8. The zero-order valence-corrected chi connectivity index (χ0v) is 20.3. The van der Waals surface area contributed by atoms with E-state index in [9.17, 15) is 17.6 Å². The van der Waals surface area contributed by atoms with E-state index in [2.05, 4.69) is 5.10 Å². The van der Waals surface area contributed by atoms with Gasteiger partial charge in [-0.25, -0.2) is 12.8 Å². The molecule has 2 aliphatic rings. The minimum atomic E-state index is -3.25. The summed E-state index contributed by atoms with van der Waals surface area (Å²) in [5.74, 6) is -0.439. The van der Waals surface area contributed by atoms with Crippen LogP contribution in [-0.4, -0.2) is 63.1 Å². The lowest BCUT2D eigenvalue weighted by Crippen LogP contribution is -2.34. The Bertz CT molecular complexity index is 1350. The van der Waals surface area contributed by atoms with Gasteiger partial charge in [-0.3, -0.25) is 10.0 Å². The van der Waals surface area contributed by atoms with Crippen LogP contribution in [-0.2, 0) is 20.4 Å². The molecule has 2 atom stereocenters. The highest BCUT2D eigenvalue weighted by Gasteiger charge is 2.31. The molecule has 4 rings (SSSR count). The fourth-order valence-electron chi connectivity index (χ4n) is 4.14. The third kappa shape index (κ3) is 4.40. The summed E-state index contributed by atoms with van der Waals surface area (Å²) in [5.41, 5.74) is 4.74. The lowest BCUT2D eigenvalue weighted by molar-refractivity contribution is -0.110. The van der Waals surface area contributed by atoms with Crippen molar-refractivity contribution in [2.45, 2.75) is 31.7 Å². The van der Waals surface area contributed by atoms with E-state index in [1.165, 1.54) is 13.2 Å². The van der Waals surface area contributed by atoms with E-state index in [-0.39, 0.29) is 23.3 Å². The van der Waals surface area contributed by atoms with Crippen LogP contribution in [0.5, 0.6) is 5.75 Å². The van der Waals surface area contributed by atoms with Crippen molar-refractivity contribution >= 4 is 27.5 Å². The highest BCUT2D eigenvalue weighted by Crippen LogP contribution is 2.32. The van der Waals surface area contributed by atoms with Crippen LogP contribution < -0.4 is 4.74 Å². The molecule has 0 radical (unpaired) electrons. The molecular formula is C25H26FN3O4S. The topological polar surface area (TPSA) is 88.4 Å². The Morgan fingerprint density at radius 2 is 1.91 bits per heavy atom. The molecule has 0 aromatic heterocycles. The van der Waals surface area contributed by atoms with Crippen molar-refractivity contribution in [2.75, 3.05) is 19.9 Å². The summed E-state index contributed by atoms with van der Waals surface area (Å²) in [6.07, 6.45) is 2.64. The molecule has 0 spiro atoms. The smallest absolute Gasteiger partial charge is 0.165 e. The van der Waals surface area contributed by atoms with Crippen LogP contribution in [0.4, 0.5) is 4.39 Å². The number of fused-ring (bicyclic) bond motifs is 3. The number of halogens is 1. The second-order valence-electron chi connectivity index (χ2n) is 8.33. The summed E-state index contributed by atoms with van der Waals surface area (Å²) in [5, 5.41) is 6.26. The molecule has 0 bridgehead atoms. The first-order valence-electron chi connectivity index (χ1n) is 10.9. The second-order valence-corrected chi connectivity index (χ2v) is 10.7. The number of methoxy groups -OCH3 is 1. The molecular weight excluding hydrogens is 457 g/mol. The molecule has 0 N–H and O–H groups in total. The maximum atomic E-state index is 14.1. The molecule has 2 aromatic rings. The molecule has 0 fully saturated rings. The minimum absolute atomic E-state index is 0.0407. The molecule has 0 saturated heterocycles. The summed E-state index contributed by atoms with van der Waals surface area (Å²) >= 11 is 0. The summed E-state index contributed by atoms with van der Waals surface area (Å²) in [4.78, 5) is 16.5. The van der Waals surface area contributed by atoms with Crippen molar-refractivity contribution in [3.8, 4) is 5.75 Å². The summed E-state index contributed by atoms with van der Waals surface area (Å²) in [7, 11) is -0.136. The number of nitrogens with zero attached hydrogens (tertiary/aromatic N) is 3. The lowest BCUT2D eigenvalue weighted by atomic mass is 9.90. The number of rotatable bonds is 6. The molecule has 9 heteroatoms. The Labute approximate surface area is 198 Å². The van der Waals surface area contributed by atoms with Crippen LogP contribution in [0, 0.1) is 5.82 Å². The van der Waals surface area contributed by atoms with Gasteiger partial charge in [-0.1, -0.05) is 19.1 Å². The van der Waals surface area contributed by atoms with Crippen molar-refractivity contribution in [2.24, 2.45) is 10.1 Å². The van der Waals surface area contributed by atoms with Gasteiger partial charge in [-0.15, -0.1) is 0 Å². The Kier molecular flexibility index (Phi) is 6.40. The first-order chi connectivity index (χ1) is 16.2. The van der Waals surface area contributed by atoms with Gasteiger partial charge < -0.3 is 9.53 Å². The number of hydrazone groups is 1. The van der Waals surface area contributed by atoms with Crippen LogP contribution in [0.1, 0.15) is 36.1 Å². The van der Waals surface area contributed by atoms with Gasteiger partial charge in [0.05, 0.1) is 30.3 Å². The number of sulfone groups is 1. The average Bonchev–Trinajstić information content (AvgIpc) is 2.93. The predicted molar refractivity (Wildman–Crippen MR) is 130 cm³/mol. The van der Waals surface area contributed by atoms with Crippen LogP contribution in [0.2, 0.25) is 0 Å². The maximum Gasteiger partial charge on any atom is 0.165 e. The number of ether oxygens (including phenoxy) is 1. The third-order valence-corrected chi connectivity index (χ3v) is 7.72. The Morgan fingerprint density at radius 1 is 1.15 bits per heavy atom. The van der Waals surface area contributed by atoms with Gasteiger partial charge in [0.2, 0.25) is 0 Å². The average molecular weight is 484 g/mol. The van der Waals surface area contributed by atoms with Crippen molar-refractivity contribution in [3.05, 3.63) is 76.1 Å². The lowest BCUT2D eigenvalue weighted by Gasteiger charge is -2.27. The maximum absolute atomic E-state index is 14.1. The van der Waals surface area contributed by atoms with E-state index in [1.54, 1.807) is 37.2 Å². The molecule has 2 aromatic carbocycles. The monoisotopic (exact) mass is 483 g/mol. The van der Waals surface area contributed by atoms with E-state index in [4.69, 9.17) is 9.73 Å². The van der Waals surface area contributed by atoms with Crippen LogP contribution in [0.15, 0.2) is 58.1 Å². The number of likely N-dealkylation sites (N-methyl/N-ethyl adjacent to an activating group) is 1. The number of carbonyl (C=O) groups excluding carboxylic acids is 1. The van der Waals surface area contributed by atoms with Gasteiger partial charge in [0.1, 0.15) is 12.3 Å². The highest BCUT2D eigenvalue weighted by molar-refractivity contribution is 7.90. The molecule has 2 unspecified atom stereocenters. The largest absolute Gasteiger partial charge is 0.494 e. The number of hydrogen-bond donors (Lipinski definition) is 0. The van der Waals surface area contributed by atoms with E-state index in [0.29, 0.717) is 28.1 Å². The molecule has 34 heavy (non-hydrogen) atoms. The SMILES string of the molecule is CCS(=O)(=O)Cc1ccc2c(c1)C1=NN(C)C(C=O)C=C1C(C)N=C2c1ccc(F)c(OC)c1. The van der Waals surface area contributed by atoms with E-state index in [1.807, 2.05) is 25.1 Å². The molecule has 7 nitrogen and oxygen atoms in total. The fraction of sp³-hybridized carbons (Fsp3) is 0.320. The van der Waals surface area contributed by atoms with E-state index < -0.39 is 21.7 Å². The number of aliphatic imine (C=N–C) groups is 1. The number of carbonyl (C=O) groups is 1. The quantitative estimate of drug-likeness (QED) is 0.589.